The van der Waals surface area contributed by atoms with Crippen molar-refractivity contribution < 1.29 is 23.4 Å². The predicted octanol–water partition coefficient (Wildman–Crippen LogP) is 4.53. The van der Waals surface area contributed by atoms with Crippen molar-refractivity contribution >= 4 is 17.5 Å². The van der Waals surface area contributed by atoms with Gasteiger partial charge in [0.25, 0.3) is 0 Å². The lowest BCUT2D eigenvalue weighted by atomic mass is 10.0. The number of carbonyl (C=O) groups is 1. The molecule has 0 saturated heterocycles. The van der Waals surface area contributed by atoms with Crippen LogP contribution >= 0.6 is 0 Å². The van der Waals surface area contributed by atoms with Crippen molar-refractivity contribution in [3.05, 3.63) is 71.5 Å². The van der Waals surface area contributed by atoms with Crippen molar-refractivity contribution in [1.82, 2.24) is 14.6 Å². The van der Waals surface area contributed by atoms with E-state index in [0.717, 1.165) is 11.1 Å². The molecular weight excluding hydrogens is 427 g/mol. The minimum Gasteiger partial charge on any atom is -0.462 e. The number of benzene rings is 1. The molecule has 1 aromatic carbocycles. The maximum Gasteiger partial charge on any atom is 0.340 e. The highest BCUT2D eigenvalue weighted by Crippen LogP contribution is 2.29. The Kier molecular flexibility index (Phi) is 6.15. The van der Waals surface area contributed by atoms with E-state index in [2.05, 4.69) is 15.5 Å². The van der Waals surface area contributed by atoms with Crippen molar-refractivity contribution in [1.29, 1.82) is 0 Å². The lowest BCUT2D eigenvalue weighted by Crippen LogP contribution is -2.19. The third kappa shape index (κ3) is 4.58. The van der Waals surface area contributed by atoms with Crippen molar-refractivity contribution in [2.24, 2.45) is 0 Å². The van der Waals surface area contributed by atoms with Crippen LogP contribution in [0.4, 0.5) is 10.4 Å². The molecule has 0 bridgehead atoms. The number of carbonyl (C=O) groups excluding carboxylic acids is 1. The molecule has 0 amide bonds. The molecule has 0 fully saturated rings. The van der Waals surface area contributed by atoms with Crippen molar-refractivity contribution in [2.75, 3.05) is 11.9 Å². The Balaban J connectivity index is 1.64. The number of fused-ring (bicyclic) bond motifs is 1. The molecule has 0 aliphatic rings. The number of nitrogens with one attached hydrogen (secondary N) is 1. The molecule has 3 heterocycles. The summed E-state index contributed by atoms with van der Waals surface area (Å²) in [4.78, 5) is 12.6. The van der Waals surface area contributed by atoms with E-state index in [0.29, 0.717) is 29.8 Å². The smallest absolute Gasteiger partial charge is 0.340 e. The van der Waals surface area contributed by atoms with Gasteiger partial charge in [-0.05, 0) is 73.9 Å². The molecule has 0 saturated carbocycles. The second-order valence-electron chi connectivity index (χ2n) is 7.86. The Morgan fingerprint density at radius 1 is 1.21 bits per heavy atom. The topological polar surface area (TPSA) is 102 Å². The second-order valence-corrected chi connectivity index (χ2v) is 7.86. The lowest BCUT2D eigenvalue weighted by Gasteiger charge is -2.15. The maximum absolute atomic E-state index is 13.5. The van der Waals surface area contributed by atoms with Crippen LogP contribution < -0.4 is 5.32 Å². The van der Waals surface area contributed by atoms with Crippen LogP contribution in [0.3, 0.4) is 0 Å². The highest BCUT2D eigenvalue weighted by Gasteiger charge is 2.27. The molecule has 172 valence electrons. The average molecular weight is 452 g/mol. The molecule has 8 nitrogen and oxygen atoms in total. The summed E-state index contributed by atoms with van der Waals surface area (Å²) in [5, 5.41) is 21.1. The number of aliphatic hydroxyl groups is 1. The van der Waals surface area contributed by atoms with E-state index in [9.17, 15) is 14.3 Å². The van der Waals surface area contributed by atoms with E-state index in [4.69, 9.17) is 9.15 Å². The predicted molar refractivity (Wildman–Crippen MR) is 120 cm³/mol. The van der Waals surface area contributed by atoms with Gasteiger partial charge in [0.1, 0.15) is 11.4 Å². The number of esters is 1. The van der Waals surface area contributed by atoms with E-state index in [1.165, 1.54) is 12.1 Å². The van der Waals surface area contributed by atoms with Crippen molar-refractivity contribution in [3.63, 3.8) is 0 Å². The first-order valence-electron chi connectivity index (χ1n) is 10.7. The normalized spacial score (nSPS) is 13.1. The zero-order valence-electron chi connectivity index (χ0n) is 18.6. The van der Waals surface area contributed by atoms with Gasteiger partial charge in [0.2, 0.25) is 5.89 Å². The number of hydrogen-bond donors (Lipinski definition) is 2. The molecule has 33 heavy (non-hydrogen) atoms. The molecule has 2 N–H and O–H groups in total. The molecule has 3 aromatic heterocycles. The minimum absolute atomic E-state index is 0.151. The van der Waals surface area contributed by atoms with E-state index in [1.54, 1.807) is 32.0 Å². The van der Waals surface area contributed by atoms with Gasteiger partial charge in [-0.25, -0.2) is 9.18 Å². The summed E-state index contributed by atoms with van der Waals surface area (Å²) in [5.41, 5.74) is 2.23. The number of ether oxygens (including phenoxy) is 1. The van der Waals surface area contributed by atoms with Gasteiger partial charge in [-0.15, -0.1) is 5.10 Å². The lowest BCUT2D eigenvalue weighted by molar-refractivity contribution is 0.0251. The third-order valence-corrected chi connectivity index (χ3v) is 5.47. The summed E-state index contributed by atoms with van der Waals surface area (Å²) < 4.78 is 26.1. The van der Waals surface area contributed by atoms with Gasteiger partial charge in [0, 0.05) is 18.3 Å². The van der Waals surface area contributed by atoms with E-state index < -0.39 is 11.6 Å². The molecule has 4 rings (SSSR count). The Hall–Kier alpha value is -3.72. The monoisotopic (exact) mass is 452 g/mol. The number of pyridine rings is 1. The van der Waals surface area contributed by atoms with Gasteiger partial charge in [-0.1, -0.05) is 12.0 Å². The Bertz CT molecular complexity index is 1280. The van der Waals surface area contributed by atoms with Crippen LogP contribution in [0.1, 0.15) is 49.0 Å². The van der Waals surface area contributed by atoms with Gasteiger partial charge in [-0.2, -0.15) is 0 Å². The van der Waals surface area contributed by atoms with Crippen molar-refractivity contribution in [3.8, 4) is 11.3 Å². The summed E-state index contributed by atoms with van der Waals surface area (Å²) >= 11 is 0. The van der Waals surface area contributed by atoms with Gasteiger partial charge in [0.05, 0.1) is 17.9 Å². The molecule has 9 heteroatoms. The van der Waals surface area contributed by atoms with Gasteiger partial charge in [-0.3, -0.25) is 0 Å². The standard InChI is InChI=1S/C24H25FN4O4/c1-4-24(3,31)22-27-28-23(33-22)26-14-15-10-11-29-18(12-15)13-19(21(30)32-5-2)20(29)16-6-8-17(25)9-7-16/h6-13,31H,4-5,14H2,1-3H3,(H,26,28). The number of aromatic nitrogens is 3. The summed E-state index contributed by atoms with van der Waals surface area (Å²) in [6.07, 6.45) is 2.29. The number of nitrogens with zero attached hydrogens (tertiary/aromatic N) is 3. The average Bonchev–Trinajstić information content (AvgIpc) is 3.43. The molecule has 0 radical (unpaired) electrons. The summed E-state index contributed by atoms with van der Waals surface area (Å²) in [6.45, 7) is 5.83. The van der Waals surface area contributed by atoms with Gasteiger partial charge in [0.15, 0.2) is 0 Å². The number of hydrogen-bond acceptors (Lipinski definition) is 7. The zero-order chi connectivity index (χ0) is 23.6. The van der Waals surface area contributed by atoms with E-state index in [1.807, 2.05) is 29.7 Å². The SMILES string of the molecule is CCOC(=O)c1cc2cc(CNc3nnc(C(C)(O)CC)o3)ccn2c1-c1ccc(F)cc1. The first-order chi connectivity index (χ1) is 15.8. The number of anilines is 1. The quantitative estimate of drug-likeness (QED) is 0.379. The van der Waals surface area contributed by atoms with E-state index >= 15 is 0 Å². The molecule has 1 atom stereocenters. The number of halogens is 1. The van der Waals surface area contributed by atoms with Gasteiger partial charge >= 0.3 is 12.0 Å². The van der Waals surface area contributed by atoms with Crippen LogP contribution in [0.5, 0.6) is 0 Å². The first-order valence-corrected chi connectivity index (χ1v) is 10.7. The third-order valence-electron chi connectivity index (χ3n) is 5.47. The van der Waals surface area contributed by atoms with Crippen LogP contribution in [-0.4, -0.2) is 32.3 Å². The van der Waals surface area contributed by atoms with Crippen LogP contribution in [0.25, 0.3) is 16.8 Å². The molecular formula is C24H25FN4O4. The summed E-state index contributed by atoms with van der Waals surface area (Å²) in [5.74, 6) is -0.644. The Labute approximate surface area is 190 Å². The molecule has 0 aliphatic heterocycles. The van der Waals surface area contributed by atoms with Crippen molar-refractivity contribution in [2.45, 2.75) is 39.3 Å². The summed E-state index contributed by atoms with van der Waals surface area (Å²) in [6, 6.07) is 11.7. The maximum atomic E-state index is 13.5. The fourth-order valence-corrected chi connectivity index (χ4v) is 3.44. The summed E-state index contributed by atoms with van der Waals surface area (Å²) in [7, 11) is 0. The molecule has 0 aliphatic carbocycles. The van der Waals surface area contributed by atoms with Crippen LogP contribution in [0.2, 0.25) is 0 Å². The Morgan fingerprint density at radius 3 is 2.67 bits per heavy atom. The Morgan fingerprint density at radius 2 is 1.97 bits per heavy atom. The van der Waals surface area contributed by atoms with E-state index in [-0.39, 0.29) is 24.3 Å². The highest BCUT2D eigenvalue weighted by molar-refractivity contribution is 5.99. The van der Waals surface area contributed by atoms with Crippen LogP contribution in [-0.2, 0) is 16.9 Å². The van der Waals surface area contributed by atoms with Crippen LogP contribution in [0.15, 0.2) is 53.1 Å². The van der Waals surface area contributed by atoms with Gasteiger partial charge < -0.3 is 24.0 Å². The highest BCUT2D eigenvalue weighted by atomic mass is 19.1. The second kappa shape index (κ2) is 9.03. The number of rotatable bonds is 8. The molecule has 4 aromatic rings. The van der Waals surface area contributed by atoms with Crippen LogP contribution in [0, 0.1) is 5.82 Å². The molecule has 0 spiro atoms. The fraction of sp³-hybridized carbons (Fsp3) is 0.292. The first kappa shape index (κ1) is 22.5. The fourth-order valence-electron chi connectivity index (χ4n) is 3.44. The minimum atomic E-state index is -1.18. The zero-order valence-corrected chi connectivity index (χ0v) is 18.6. The molecule has 1 unspecified atom stereocenters. The largest absolute Gasteiger partial charge is 0.462 e.